The molecule has 0 aromatic heterocycles. The monoisotopic (exact) mass is 224 g/mol. The predicted octanol–water partition coefficient (Wildman–Crippen LogP) is 0.680. The van der Waals surface area contributed by atoms with Crippen LogP contribution in [0.3, 0.4) is 0 Å². The van der Waals surface area contributed by atoms with Crippen LogP contribution in [-0.4, -0.2) is 40.9 Å². The van der Waals surface area contributed by atoms with Crippen molar-refractivity contribution in [3.05, 3.63) is 0 Å². The Hall–Kier alpha value is -0.320. The molecule has 0 aromatic carbocycles. The summed E-state index contributed by atoms with van der Waals surface area (Å²) in [6.45, 7) is 2.00. The lowest BCUT2D eigenvalue weighted by Gasteiger charge is -2.13. The van der Waals surface area contributed by atoms with Crippen LogP contribution in [0.15, 0.2) is 0 Å². The van der Waals surface area contributed by atoms with Crippen LogP contribution in [0.25, 0.3) is 0 Å². The molecule has 14 heavy (non-hydrogen) atoms. The third-order valence-electron chi connectivity index (χ3n) is 1.69. The Labute approximate surface area is 88.8 Å². The number of carbonyl (C=O) groups is 1. The number of halogens is 1. The van der Waals surface area contributed by atoms with E-state index in [-0.39, 0.29) is 12.8 Å². The summed E-state index contributed by atoms with van der Waals surface area (Å²) in [5, 5.41) is 18.6. The zero-order chi connectivity index (χ0) is 11.0. The summed E-state index contributed by atoms with van der Waals surface area (Å²) in [6, 6.07) is 0. The van der Waals surface area contributed by atoms with Gasteiger partial charge < -0.3 is 14.9 Å². The highest BCUT2D eigenvalue weighted by molar-refractivity contribution is 6.17. The molecule has 84 valence electrons. The van der Waals surface area contributed by atoms with E-state index in [1.807, 2.05) is 0 Å². The van der Waals surface area contributed by atoms with E-state index in [0.717, 1.165) is 0 Å². The van der Waals surface area contributed by atoms with Crippen LogP contribution in [0.2, 0.25) is 0 Å². The number of rotatable bonds is 7. The van der Waals surface area contributed by atoms with E-state index in [9.17, 15) is 15.0 Å². The summed E-state index contributed by atoms with van der Waals surface area (Å²) in [7, 11) is 0. The lowest BCUT2D eigenvalue weighted by Crippen LogP contribution is -2.22. The molecule has 0 aliphatic heterocycles. The quantitative estimate of drug-likeness (QED) is 0.493. The minimum atomic E-state index is -0.854. The van der Waals surface area contributed by atoms with Crippen molar-refractivity contribution in [3.8, 4) is 0 Å². The van der Waals surface area contributed by atoms with Crippen LogP contribution in [0.4, 0.5) is 0 Å². The van der Waals surface area contributed by atoms with Crippen molar-refractivity contribution in [2.24, 2.45) is 0 Å². The molecule has 4 nitrogen and oxygen atoms in total. The number of carbonyl (C=O) groups excluding carboxylic acids is 1. The minimum Gasteiger partial charge on any atom is -0.466 e. The van der Waals surface area contributed by atoms with Gasteiger partial charge in [-0.25, -0.2) is 0 Å². The first kappa shape index (κ1) is 13.7. The van der Waals surface area contributed by atoms with Gasteiger partial charge in [0.25, 0.3) is 0 Å². The molecule has 2 unspecified atom stereocenters. The maximum absolute atomic E-state index is 10.9. The summed E-state index contributed by atoms with van der Waals surface area (Å²) in [6.07, 6.45) is -1.01. The van der Waals surface area contributed by atoms with Gasteiger partial charge in [0.15, 0.2) is 0 Å². The fraction of sp³-hybridized carbons (Fsp3) is 0.889. The van der Waals surface area contributed by atoms with E-state index in [2.05, 4.69) is 4.74 Å². The van der Waals surface area contributed by atoms with Crippen LogP contribution in [0, 0.1) is 0 Å². The Balaban J connectivity index is 3.63. The zero-order valence-electron chi connectivity index (χ0n) is 8.28. The smallest absolute Gasteiger partial charge is 0.308 e. The number of alkyl halides is 1. The zero-order valence-corrected chi connectivity index (χ0v) is 9.04. The molecule has 0 aliphatic rings. The van der Waals surface area contributed by atoms with Crippen LogP contribution in [0.5, 0.6) is 0 Å². The van der Waals surface area contributed by atoms with Gasteiger partial charge in [-0.15, -0.1) is 11.6 Å². The van der Waals surface area contributed by atoms with E-state index in [0.29, 0.717) is 18.9 Å². The van der Waals surface area contributed by atoms with Gasteiger partial charge in [-0.05, 0) is 19.8 Å². The van der Waals surface area contributed by atoms with Crippen molar-refractivity contribution < 1.29 is 19.7 Å². The van der Waals surface area contributed by atoms with Gasteiger partial charge in [-0.1, -0.05) is 0 Å². The molecule has 2 atom stereocenters. The van der Waals surface area contributed by atoms with Crippen molar-refractivity contribution in [2.45, 2.75) is 38.4 Å². The first-order valence-corrected chi connectivity index (χ1v) is 5.21. The predicted molar refractivity (Wildman–Crippen MR) is 53.2 cm³/mol. The first-order chi connectivity index (χ1) is 6.60. The molecule has 0 bridgehead atoms. The van der Waals surface area contributed by atoms with Crippen LogP contribution in [-0.2, 0) is 9.53 Å². The van der Waals surface area contributed by atoms with Crippen molar-refractivity contribution in [2.75, 3.05) is 12.5 Å². The Morgan fingerprint density at radius 3 is 2.57 bits per heavy atom. The molecule has 0 radical (unpaired) electrons. The topological polar surface area (TPSA) is 66.8 Å². The molecule has 2 N–H and O–H groups in total. The van der Waals surface area contributed by atoms with Crippen molar-refractivity contribution in [1.29, 1.82) is 0 Å². The fourth-order valence-corrected chi connectivity index (χ4v) is 1.31. The molecule has 5 heteroatoms. The molecular formula is C9H17ClO4. The summed E-state index contributed by atoms with van der Waals surface area (Å²) < 4.78 is 4.65. The van der Waals surface area contributed by atoms with Crippen LogP contribution < -0.4 is 0 Å². The van der Waals surface area contributed by atoms with E-state index in [1.165, 1.54) is 0 Å². The number of ether oxygens (including phenoxy) is 1. The van der Waals surface area contributed by atoms with Crippen molar-refractivity contribution in [3.63, 3.8) is 0 Å². The highest BCUT2D eigenvalue weighted by Gasteiger charge is 2.15. The fourth-order valence-electron chi connectivity index (χ4n) is 1.05. The average Bonchev–Trinajstić information content (AvgIpc) is 2.03. The number of hydrogen-bond donors (Lipinski definition) is 2. The first-order valence-electron chi connectivity index (χ1n) is 4.67. The molecule has 0 aromatic rings. The Morgan fingerprint density at radius 2 is 2.07 bits per heavy atom. The molecule has 0 rings (SSSR count). The second kappa shape index (κ2) is 8.03. The van der Waals surface area contributed by atoms with Crippen molar-refractivity contribution >= 4 is 17.6 Å². The maximum Gasteiger partial charge on any atom is 0.308 e. The normalized spacial score (nSPS) is 14.9. The highest BCUT2D eigenvalue weighted by Crippen LogP contribution is 2.07. The SMILES string of the molecule is CCOC(=O)CC(O)CC(O)CCCl. The average molecular weight is 225 g/mol. The highest BCUT2D eigenvalue weighted by atomic mass is 35.5. The lowest BCUT2D eigenvalue weighted by molar-refractivity contribution is -0.145. The second-order valence-electron chi connectivity index (χ2n) is 3.03. The number of hydrogen-bond acceptors (Lipinski definition) is 4. The van der Waals surface area contributed by atoms with Gasteiger partial charge >= 0.3 is 5.97 Å². The van der Waals surface area contributed by atoms with Gasteiger partial charge in [0.2, 0.25) is 0 Å². The largest absolute Gasteiger partial charge is 0.466 e. The molecular weight excluding hydrogens is 208 g/mol. The van der Waals surface area contributed by atoms with Crippen LogP contribution >= 0.6 is 11.6 Å². The molecule has 0 spiro atoms. The molecule has 0 amide bonds. The minimum absolute atomic E-state index is 0.0762. The third-order valence-corrected chi connectivity index (χ3v) is 1.91. The van der Waals surface area contributed by atoms with Crippen LogP contribution in [0.1, 0.15) is 26.2 Å². The van der Waals surface area contributed by atoms with Crippen molar-refractivity contribution in [1.82, 2.24) is 0 Å². The summed E-state index contributed by atoms with van der Waals surface area (Å²) in [5.74, 6) is -0.106. The Bertz CT molecular complexity index is 163. The lowest BCUT2D eigenvalue weighted by atomic mass is 10.1. The van der Waals surface area contributed by atoms with E-state index in [1.54, 1.807) is 6.92 Å². The molecule has 0 fully saturated rings. The van der Waals surface area contributed by atoms with E-state index in [4.69, 9.17) is 11.6 Å². The second-order valence-corrected chi connectivity index (χ2v) is 3.41. The summed E-state index contributed by atoms with van der Waals surface area (Å²) >= 11 is 5.40. The number of aliphatic hydroxyl groups is 2. The Kier molecular flexibility index (Phi) is 7.84. The third kappa shape index (κ3) is 7.12. The van der Waals surface area contributed by atoms with Gasteiger partial charge in [0, 0.05) is 5.88 Å². The molecule has 0 aliphatic carbocycles. The maximum atomic E-state index is 10.9. The summed E-state index contributed by atoms with van der Waals surface area (Å²) in [4.78, 5) is 10.9. The number of aliphatic hydroxyl groups excluding tert-OH is 2. The van der Waals surface area contributed by atoms with E-state index < -0.39 is 18.2 Å². The molecule has 0 saturated heterocycles. The number of esters is 1. The van der Waals surface area contributed by atoms with Gasteiger partial charge in [-0.2, -0.15) is 0 Å². The van der Waals surface area contributed by atoms with Gasteiger partial charge in [0.1, 0.15) is 0 Å². The van der Waals surface area contributed by atoms with E-state index >= 15 is 0 Å². The Morgan fingerprint density at radius 1 is 1.43 bits per heavy atom. The van der Waals surface area contributed by atoms with Gasteiger partial charge in [0.05, 0.1) is 25.2 Å². The van der Waals surface area contributed by atoms with Gasteiger partial charge in [-0.3, -0.25) is 4.79 Å². The standard InChI is InChI=1S/C9H17ClO4/c1-2-14-9(13)6-8(12)5-7(11)3-4-10/h7-8,11-12H,2-6H2,1H3. The summed E-state index contributed by atoms with van der Waals surface area (Å²) in [5.41, 5.74) is 0. The molecule has 0 heterocycles. The molecule has 0 saturated carbocycles.